The van der Waals surface area contributed by atoms with Crippen molar-refractivity contribution in [3.8, 4) is 0 Å². The van der Waals surface area contributed by atoms with Crippen LogP contribution in [0.2, 0.25) is 0 Å². The lowest BCUT2D eigenvalue weighted by Gasteiger charge is -2.18. The molecule has 0 bridgehead atoms. The van der Waals surface area contributed by atoms with Gasteiger partial charge < -0.3 is 14.2 Å². The van der Waals surface area contributed by atoms with Crippen molar-refractivity contribution in [1.82, 2.24) is 0 Å². The van der Waals surface area contributed by atoms with E-state index in [9.17, 15) is 14.4 Å². The van der Waals surface area contributed by atoms with Crippen LogP contribution < -0.4 is 0 Å². The van der Waals surface area contributed by atoms with Crippen molar-refractivity contribution in [3.63, 3.8) is 0 Å². The lowest BCUT2D eigenvalue weighted by atomic mass is 10.0. The molecule has 0 N–H and O–H groups in total. The molecule has 0 saturated heterocycles. The van der Waals surface area contributed by atoms with E-state index < -0.39 is 6.10 Å². The summed E-state index contributed by atoms with van der Waals surface area (Å²) in [7, 11) is 0. The van der Waals surface area contributed by atoms with E-state index in [-0.39, 0.29) is 31.1 Å². The molecule has 0 spiro atoms. The number of rotatable bonds is 49. The fourth-order valence-corrected chi connectivity index (χ4v) is 7.68. The molecule has 366 valence electrons. The van der Waals surface area contributed by atoms with Crippen LogP contribution in [0.5, 0.6) is 0 Å². The third kappa shape index (κ3) is 50.2. The summed E-state index contributed by atoms with van der Waals surface area (Å²) in [5, 5.41) is 0. The van der Waals surface area contributed by atoms with Gasteiger partial charge in [-0.2, -0.15) is 0 Å². The zero-order chi connectivity index (χ0) is 45.8. The van der Waals surface area contributed by atoms with Crippen molar-refractivity contribution in [2.45, 2.75) is 284 Å². The molecule has 6 nitrogen and oxygen atoms in total. The number of ether oxygens (including phenoxy) is 3. The van der Waals surface area contributed by atoms with Crippen LogP contribution in [0.4, 0.5) is 0 Å². The van der Waals surface area contributed by atoms with Crippen molar-refractivity contribution >= 4 is 17.9 Å². The number of allylic oxidation sites excluding steroid dienone is 8. The summed E-state index contributed by atoms with van der Waals surface area (Å²) in [4.78, 5) is 38.0. The molecule has 0 aliphatic carbocycles. The van der Waals surface area contributed by atoms with Gasteiger partial charge in [-0.05, 0) is 83.5 Å². The highest BCUT2D eigenvalue weighted by atomic mass is 16.6. The van der Waals surface area contributed by atoms with Gasteiger partial charge in [0, 0.05) is 19.3 Å². The minimum absolute atomic E-state index is 0.0789. The Hall–Kier alpha value is -2.63. The molecule has 0 rings (SSSR count). The number of hydrogen-bond acceptors (Lipinski definition) is 6. The molecule has 0 aromatic heterocycles. The monoisotopic (exact) mass is 883 g/mol. The van der Waals surface area contributed by atoms with E-state index in [0.717, 1.165) is 96.3 Å². The fourth-order valence-electron chi connectivity index (χ4n) is 7.68. The first-order chi connectivity index (χ1) is 31.0. The third-order valence-corrected chi connectivity index (χ3v) is 11.8. The summed E-state index contributed by atoms with van der Waals surface area (Å²) in [5.41, 5.74) is 0. The molecule has 0 fully saturated rings. The Morgan fingerprint density at radius 1 is 0.317 bits per heavy atom. The Balaban J connectivity index is 4.39. The average Bonchev–Trinajstić information content (AvgIpc) is 3.28. The molecule has 0 saturated carbocycles. The van der Waals surface area contributed by atoms with E-state index in [1.165, 1.54) is 141 Å². The summed E-state index contributed by atoms with van der Waals surface area (Å²) in [6, 6.07) is 0. The molecule has 6 heteroatoms. The van der Waals surface area contributed by atoms with Gasteiger partial charge in [0.1, 0.15) is 13.2 Å². The highest BCUT2D eigenvalue weighted by molar-refractivity contribution is 5.71. The molecule has 0 aromatic rings. The summed E-state index contributed by atoms with van der Waals surface area (Å²) in [6.45, 7) is 6.59. The Morgan fingerprint density at radius 3 is 0.905 bits per heavy atom. The van der Waals surface area contributed by atoms with Gasteiger partial charge in [-0.25, -0.2) is 0 Å². The van der Waals surface area contributed by atoms with Crippen LogP contribution >= 0.6 is 0 Å². The molecule has 63 heavy (non-hydrogen) atoms. The number of esters is 3. The molecule has 0 heterocycles. The molecule has 1 unspecified atom stereocenters. The maximum absolute atomic E-state index is 12.8. The summed E-state index contributed by atoms with van der Waals surface area (Å²) in [5.74, 6) is -0.891. The molecule has 0 radical (unpaired) electrons. The second-order valence-corrected chi connectivity index (χ2v) is 18.1. The van der Waals surface area contributed by atoms with Gasteiger partial charge in [0.25, 0.3) is 0 Å². The van der Waals surface area contributed by atoms with Gasteiger partial charge in [0.05, 0.1) is 0 Å². The molecule has 0 aromatic carbocycles. The Morgan fingerprint density at radius 2 is 0.571 bits per heavy atom. The number of unbranched alkanes of at least 4 members (excludes halogenated alkanes) is 30. The summed E-state index contributed by atoms with van der Waals surface area (Å²) in [6.07, 6.45) is 62.3. The maximum atomic E-state index is 12.8. The number of carbonyl (C=O) groups excluding carboxylic acids is 3. The largest absolute Gasteiger partial charge is 0.462 e. The molecule has 0 amide bonds. The average molecular weight is 883 g/mol. The first-order valence-corrected chi connectivity index (χ1v) is 27.1. The first-order valence-electron chi connectivity index (χ1n) is 27.1. The molecular formula is C57H102O6. The zero-order valence-electron chi connectivity index (χ0n) is 41.8. The second kappa shape index (κ2) is 52.0. The Labute approximate surface area is 390 Å². The minimum Gasteiger partial charge on any atom is -0.462 e. The quantitative estimate of drug-likeness (QED) is 0.0262. The van der Waals surface area contributed by atoms with Gasteiger partial charge in [0.15, 0.2) is 6.10 Å². The van der Waals surface area contributed by atoms with Gasteiger partial charge in [-0.3, -0.25) is 14.4 Å². The van der Waals surface area contributed by atoms with Gasteiger partial charge in [-0.15, -0.1) is 0 Å². The van der Waals surface area contributed by atoms with Crippen LogP contribution in [-0.4, -0.2) is 37.2 Å². The van der Waals surface area contributed by atoms with Gasteiger partial charge in [0.2, 0.25) is 0 Å². The van der Waals surface area contributed by atoms with E-state index >= 15 is 0 Å². The highest BCUT2D eigenvalue weighted by Gasteiger charge is 2.19. The minimum atomic E-state index is -0.781. The van der Waals surface area contributed by atoms with Crippen molar-refractivity contribution in [2.75, 3.05) is 13.2 Å². The van der Waals surface area contributed by atoms with E-state index in [1.807, 2.05) is 0 Å². The second-order valence-electron chi connectivity index (χ2n) is 18.1. The van der Waals surface area contributed by atoms with E-state index in [1.54, 1.807) is 0 Å². The SMILES string of the molecule is CCCCC/C=C\C/C=C\CCCCCCCCCC(=O)OCC(COC(=O)CCCCCCCCCCCCCCC)OC(=O)CCCCCCC/C=C\C/C=C\CCCCC. The topological polar surface area (TPSA) is 78.9 Å². The van der Waals surface area contributed by atoms with Crippen LogP contribution in [0.25, 0.3) is 0 Å². The molecule has 0 aliphatic rings. The summed E-state index contributed by atoms with van der Waals surface area (Å²) >= 11 is 0. The fraction of sp³-hybridized carbons (Fsp3) is 0.807. The smallest absolute Gasteiger partial charge is 0.306 e. The van der Waals surface area contributed by atoms with Crippen LogP contribution in [0, 0.1) is 0 Å². The molecular weight excluding hydrogens is 781 g/mol. The van der Waals surface area contributed by atoms with E-state index in [2.05, 4.69) is 69.4 Å². The molecule has 1 atom stereocenters. The Bertz CT molecular complexity index is 1110. The molecule has 0 aliphatic heterocycles. The van der Waals surface area contributed by atoms with Crippen molar-refractivity contribution in [1.29, 1.82) is 0 Å². The zero-order valence-corrected chi connectivity index (χ0v) is 41.8. The van der Waals surface area contributed by atoms with E-state index in [0.29, 0.717) is 19.3 Å². The predicted octanol–water partition coefficient (Wildman–Crippen LogP) is 17.9. The standard InChI is InChI=1S/C57H102O6/c1-4-7-10-13-16-19-22-25-27-28-30-32-35-38-41-44-47-50-56(59)62-53-54(52-61-55(58)49-46-43-40-37-34-31-24-21-18-15-12-9-6-3)63-57(60)51-48-45-42-39-36-33-29-26-23-20-17-14-11-8-5-2/h16-17,19-20,25-27,29,54H,4-15,18,21-24,28,30-53H2,1-3H3/b19-16-,20-17-,27-25-,29-26-. The lowest BCUT2D eigenvalue weighted by Crippen LogP contribution is -2.30. The third-order valence-electron chi connectivity index (χ3n) is 11.8. The van der Waals surface area contributed by atoms with Crippen molar-refractivity contribution in [2.24, 2.45) is 0 Å². The summed E-state index contributed by atoms with van der Waals surface area (Å²) < 4.78 is 16.8. The van der Waals surface area contributed by atoms with Crippen LogP contribution in [-0.2, 0) is 28.6 Å². The van der Waals surface area contributed by atoms with Gasteiger partial charge in [-0.1, -0.05) is 223 Å². The highest BCUT2D eigenvalue weighted by Crippen LogP contribution is 2.15. The van der Waals surface area contributed by atoms with E-state index in [4.69, 9.17) is 14.2 Å². The van der Waals surface area contributed by atoms with Crippen molar-refractivity contribution < 1.29 is 28.6 Å². The number of hydrogen-bond donors (Lipinski definition) is 0. The normalized spacial score (nSPS) is 12.4. The number of carbonyl (C=O) groups is 3. The van der Waals surface area contributed by atoms with Crippen LogP contribution in [0.15, 0.2) is 48.6 Å². The predicted molar refractivity (Wildman–Crippen MR) is 270 cm³/mol. The van der Waals surface area contributed by atoms with Crippen molar-refractivity contribution in [3.05, 3.63) is 48.6 Å². The Kier molecular flexibility index (Phi) is 49.8. The van der Waals surface area contributed by atoms with Gasteiger partial charge >= 0.3 is 17.9 Å². The first kappa shape index (κ1) is 60.4. The van der Waals surface area contributed by atoms with Crippen LogP contribution in [0.3, 0.4) is 0 Å². The maximum Gasteiger partial charge on any atom is 0.306 e. The van der Waals surface area contributed by atoms with Crippen LogP contribution in [0.1, 0.15) is 278 Å². The lowest BCUT2D eigenvalue weighted by molar-refractivity contribution is -0.167.